The van der Waals surface area contributed by atoms with Crippen LogP contribution in [0.15, 0.2) is 42.5 Å². The van der Waals surface area contributed by atoms with Crippen molar-refractivity contribution in [2.75, 3.05) is 11.9 Å². The molecule has 3 amide bonds. The summed E-state index contributed by atoms with van der Waals surface area (Å²) in [6, 6.07) is 13.2. The predicted molar refractivity (Wildman–Crippen MR) is 122 cm³/mol. The standard InChI is InChI=1S/C25H26ClN3O3/c1-13(2)20-18-19(23(31)29(22(18)30)10-9-15-7-5-4-6-8-15)25(28-20)16-11-14(3)12-17(26)21(16)27-24(25)32/h4-8,11-13,18-20,28H,9-10H2,1-3H3,(H,27,32)/t18-,19-,20?,25?/m0/s1. The number of rotatable bonds is 4. The zero-order chi connectivity index (χ0) is 22.8. The van der Waals surface area contributed by atoms with Crippen molar-refractivity contribution < 1.29 is 14.4 Å². The Labute approximate surface area is 192 Å². The number of anilines is 1. The molecule has 0 aromatic heterocycles. The summed E-state index contributed by atoms with van der Waals surface area (Å²) >= 11 is 6.45. The van der Waals surface area contributed by atoms with Gasteiger partial charge in [-0.3, -0.25) is 24.6 Å². The third-order valence-corrected chi connectivity index (χ3v) is 7.43. The van der Waals surface area contributed by atoms with Crippen molar-refractivity contribution in [3.63, 3.8) is 0 Å². The lowest BCUT2D eigenvalue weighted by molar-refractivity contribution is -0.142. The van der Waals surface area contributed by atoms with Crippen LogP contribution in [-0.4, -0.2) is 35.2 Å². The van der Waals surface area contributed by atoms with Crippen LogP contribution in [0.4, 0.5) is 5.69 Å². The Hall–Kier alpha value is -2.70. The number of imide groups is 1. The highest BCUT2D eigenvalue weighted by Gasteiger charge is 2.70. The zero-order valence-electron chi connectivity index (χ0n) is 18.3. The van der Waals surface area contributed by atoms with Gasteiger partial charge in [0.05, 0.1) is 22.5 Å². The molecule has 2 aromatic carbocycles. The Morgan fingerprint density at radius 2 is 1.81 bits per heavy atom. The lowest BCUT2D eigenvalue weighted by Crippen LogP contribution is -2.54. The average Bonchev–Trinajstić information content (AvgIpc) is 3.34. The molecule has 2 saturated heterocycles. The minimum absolute atomic E-state index is 0.0600. The Balaban J connectivity index is 1.58. The lowest BCUT2D eigenvalue weighted by Gasteiger charge is -2.30. The van der Waals surface area contributed by atoms with E-state index in [9.17, 15) is 14.4 Å². The molecule has 4 atom stereocenters. The highest BCUT2D eigenvalue weighted by Crippen LogP contribution is 2.55. The highest BCUT2D eigenvalue weighted by molar-refractivity contribution is 6.35. The molecule has 0 radical (unpaired) electrons. The molecule has 6 nitrogen and oxygen atoms in total. The molecular formula is C25H26ClN3O3. The van der Waals surface area contributed by atoms with Crippen molar-refractivity contribution in [3.8, 4) is 0 Å². The van der Waals surface area contributed by atoms with E-state index < -0.39 is 17.4 Å². The van der Waals surface area contributed by atoms with Crippen LogP contribution in [0.25, 0.3) is 0 Å². The first-order valence-electron chi connectivity index (χ1n) is 11.0. The molecule has 3 aliphatic heterocycles. The number of likely N-dealkylation sites (tertiary alicyclic amines) is 1. The van der Waals surface area contributed by atoms with E-state index in [-0.39, 0.29) is 29.7 Å². The summed E-state index contributed by atoms with van der Waals surface area (Å²) < 4.78 is 0. The van der Waals surface area contributed by atoms with E-state index >= 15 is 0 Å². The number of hydrogen-bond acceptors (Lipinski definition) is 4. The van der Waals surface area contributed by atoms with Gasteiger partial charge in [0.15, 0.2) is 0 Å². The first kappa shape index (κ1) is 21.2. The number of fused-ring (bicyclic) bond motifs is 4. The monoisotopic (exact) mass is 451 g/mol. The molecule has 2 unspecified atom stereocenters. The van der Waals surface area contributed by atoms with Crippen LogP contribution >= 0.6 is 11.6 Å². The maximum atomic E-state index is 13.7. The first-order valence-corrected chi connectivity index (χ1v) is 11.4. The molecule has 32 heavy (non-hydrogen) atoms. The third-order valence-electron chi connectivity index (χ3n) is 7.13. The van der Waals surface area contributed by atoms with Gasteiger partial charge in [-0.05, 0) is 36.5 Å². The summed E-state index contributed by atoms with van der Waals surface area (Å²) in [6.07, 6.45) is 0.582. The van der Waals surface area contributed by atoms with Crippen LogP contribution in [0.5, 0.6) is 0 Å². The van der Waals surface area contributed by atoms with Gasteiger partial charge in [0.1, 0.15) is 5.54 Å². The van der Waals surface area contributed by atoms with Gasteiger partial charge in [-0.1, -0.05) is 61.8 Å². The van der Waals surface area contributed by atoms with Crippen molar-refractivity contribution in [1.82, 2.24) is 10.2 Å². The number of aryl methyl sites for hydroxylation is 1. The van der Waals surface area contributed by atoms with E-state index in [1.807, 2.05) is 57.2 Å². The van der Waals surface area contributed by atoms with E-state index in [4.69, 9.17) is 11.6 Å². The van der Waals surface area contributed by atoms with E-state index in [0.29, 0.717) is 29.2 Å². The maximum Gasteiger partial charge on any atom is 0.250 e. The van der Waals surface area contributed by atoms with E-state index in [0.717, 1.165) is 11.1 Å². The highest BCUT2D eigenvalue weighted by atomic mass is 35.5. The fourth-order valence-corrected chi connectivity index (χ4v) is 5.99. The van der Waals surface area contributed by atoms with Crippen molar-refractivity contribution in [2.24, 2.45) is 17.8 Å². The van der Waals surface area contributed by atoms with Crippen LogP contribution < -0.4 is 10.6 Å². The quantitative estimate of drug-likeness (QED) is 0.699. The summed E-state index contributed by atoms with van der Waals surface area (Å²) in [5.74, 6) is -2.12. The number of halogens is 1. The Morgan fingerprint density at radius 3 is 2.50 bits per heavy atom. The summed E-state index contributed by atoms with van der Waals surface area (Å²) in [6.45, 7) is 6.23. The van der Waals surface area contributed by atoms with E-state index in [2.05, 4.69) is 10.6 Å². The van der Waals surface area contributed by atoms with Crippen molar-refractivity contribution in [1.29, 1.82) is 0 Å². The van der Waals surface area contributed by atoms with Crippen molar-refractivity contribution in [3.05, 3.63) is 64.2 Å². The number of hydrogen-bond donors (Lipinski definition) is 2. The molecule has 5 rings (SSSR count). The molecule has 1 spiro atoms. The fourth-order valence-electron chi connectivity index (χ4n) is 5.66. The largest absolute Gasteiger partial charge is 0.323 e. The van der Waals surface area contributed by atoms with Gasteiger partial charge in [0.25, 0.3) is 0 Å². The number of carbonyl (C=O) groups excluding carboxylic acids is 3. The average molecular weight is 452 g/mol. The van der Waals surface area contributed by atoms with Crippen LogP contribution in [0.1, 0.15) is 30.5 Å². The second-order valence-electron chi connectivity index (χ2n) is 9.41. The minimum Gasteiger partial charge on any atom is -0.323 e. The number of nitrogens with one attached hydrogen (secondary N) is 2. The normalized spacial score (nSPS) is 28.6. The van der Waals surface area contributed by atoms with Gasteiger partial charge in [-0.2, -0.15) is 0 Å². The molecule has 0 saturated carbocycles. The second kappa shape index (κ2) is 7.42. The number of carbonyl (C=O) groups is 3. The van der Waals surface area contributed by atoms with E-state index in [1.165, 1.54) is 4.90 Å². The Kier molecular flexibility index (Phi) is 4.91. The second-order valence-corrected chi connectivity index (χ2v) is 9.82. The summed E-state index contributed by atoms with van der Waals surface area (Å²) in [5, 5.41) is 6.77. The third kappa shape index (κ3) is 2.86. The van der Waals surface area contributed by atoms with Gasteiger partial charge in [0, 0.05) is 18.2 Å². The van der Waals surface area contributed by atoms with Crippen molar-refractivity contribution in [2.45, 2.75) is 38.8 Å². The maximum absolute atomic E-state index is 13.7. The van der Waals surface area contributed by atoms with Gasteiger partial charge < -0.3 is 5.32 Å². The molecule has 2 fully saturated rings. The zero-order valence-corrected chi connectivity index (χ0v) is 19.1. The summed E-state index contributed by atoms with van der Waals surface area (Å²) in [7, 11) is 0. The lowest BCUT2D eigenvalue weighted by atomic mass is 9.75. The van der Waals surface area contributed by atoms with Crippen LogP contribution in [0.2, 0.25) is 5.02 Å². The molecule has 0 aliphatic carbocycles. The van der Waals surface area contributed by atoms with E-state index in [1.54, 1.807) is 6.07 Å². The summed E-state index contributed by atoms with van der Waals surface area (Å²) in [4.78, 5) is 42.1. The Morgan fingerprint density at radius 1 is 1.09 bits per heavy atom. The molecule has 2 N–H and O–H groups in total. The fraction of sp³-hybridized carbons (Fsp3) is 0.400. The smallest absolute Gasteiger partial charge is 0.250 e. The van der Waals surface area contributed by atoms with Gasteiger partial charge >= 0.3 is 0 Å². The van der Waals surface area contributed by atoms with Crippen molar-refractivity contribution >= 4 is 35.0 Å². The molecule has 2 aromatic rings. The summed E-state index contributed by atoms with van der Waals surface area (Å²) in [5.41, 5.74) is 1.86. The molecule has 0 bridgehead atoms. The van der Waals surface area contributed by atoms with Gasteiger partial charge in [0.2, 0.25) is 17.7 Å². The minimum atomic E-state index is -1.29. The number of amides is 3. The number of benzene rings is 2. The molecule has 3 heterocycles. The van der Waals surface area contributed by atoms with Crippen LogP contribution in [-0.2, 0) is 26.3 Å². The van der Waals surface area contributed by atoms with Gasteiger partial charge in [-0.15, -0.1) is 0 Å². The number of nitrogens with zero attached hydrogens (tertiary/aromatic N) is 1. The predicted octanol–water partition coefficient (Wildman–Crippen LogP) is 3.27. The van der Waals surface area contributed by atoms with Crippen LogP contribution in [0.3, 0.4) is 0 Å². The molecule has 7 heteroatoms. The topological polar surface area (TPSA) is 78.5 Å². The first-order chi connectivity index (χ1) is 15.3. The molecular weight excluding hydrogens is 426 g/mol. The molecule has 3 aliphatic rings. The Bertz CT molecular complexity index is 1130. The van der Waals surface area contributed by atoms with Crippen LogP contribution in [0, 0.1) is 24.7 Å². The van der Waals surface area contributed by atoms with Gasteiger partial charge in [-0.25, -0.2) is 0 Å². The SMILES string of the molecule is Cc1cc(Cl)c2c(c1)C1(NC(C(C)C)[C@H]3C(=O)N(CCc4ccccc4)C(=O)[C@H]31)C(=O)N2. The molecule has 166 valence electrons.